The summed E-state index contributed by atoms with van der Waals surface area (Å²) in [4.78, 5) is 2.41. The van der Waals surface area contributed by atoms with Crippen LogP contribution in [0.4, 0.5) is 0 Å². The molecule has 0 spiro atoms. The first-order chi connectivity index (χ1) is 8.22. The quantitative estimate of drug-likeness (QED) is 0.725. The Morgan fingerprint density at radius 3 is 2.35 bits per heavy atom. The molecule has 1 heterocycles. The second-order valence-electron chi connectivity index (χ2n) is 6.69. The molecule has 0 amide bonds. The molecule has 3 fully saturated rings. The second-order valence-corrected chi connectivity index (χ2v) is 6.69. The van der Waals surface area contributed by atoms with E-state index < -0.39 is 0 Å². The summed E-state index contributed by atoms with van der Waals surface area (Å²) in [6.07, 6.45) is 7.16. The van der Waals surface area contributed by atoms with E-state index in [1.165, 1.54) is 45.2 Å². The molecule has 3 aliphatic rings. The van der Waals surface area contributed by atoms with Gasteiger partial charge in [0.1, 0.15) is 0 Å². The van der Waals surface area contributed by atoms with Crippen LogP contribution in [0.15, 0.2) is 0 Å². The number of nitrogens with zero attached hydrogens (tertiary/aromatic N) is 1. The third-order valence-corrected chi connectivity index (χ3v) is 5.10. The first-order valence-corrected chi connectivity index (χ1v) is 7.36. The molecule has 1 unspecified atom stereocenters. The molecule has 2 aliphatic carbocycles. The Bertz CT molecular complexity index is 261. The van der Waals surface area contributed by atoms with E-state index in [0.717, 1.165) is 30.8 Å². The molecule has 3 N–H and O–H groups in total. The smallest absolute Gasteiger partial charge is 0.0444 e. The van der Waals surface area contributed by atoms with E-state index in [9.17, 15) is 0 Å². The Labute approximate surface area is 105 Å². The van der Waals surface area contributed by atoms with E-state index in [4.69, 9.17) is 5.73 Å². The fourth-order valence-corrected chi connectivity index (χ4v) is 3.56. The summed E-state index contributed by atoms with van der Waals surface area (Å²) in [5.41, 5.74) is 6.23. The van der Waals surface area contributed by atoms with Gasteiger partial charge in [0.25, 0.3) is 0 Å². The van der Waals surface area contributed by atoms with E-state index in [1.54, 1.807) is 0 Å². The zero-order valence-electron chi connectivity index (χ0n) is 11.1. The summed E-state index contributed by atoms with van der Waals surface area (Å²) >= 11 is 0. The van der Waals surface area contributed by atoms with Crippen molar-refractivity contribution in [3.63, 3.8) is 0 Å². The van der Waals surface area contributed by atoms with Crippen LogP contribution in [0, 0.1) is 17.8 Å². The molecule has 3 nitrogen and oxygen atoms in total. The highest BCUT2D eigenvalue weighted by Gasteiger charge is 2.43. The van der Waals surface area contributed by atoms with Crippen molar-refractivity contribution in [2.24, 2.45) is 23.5 Å². The molecule has 0 aromatic heterocycles. The fraction of sp³-hybridized carbons (Fsp3) is 1.00. The first kappa shape index (κ1) is 11.9. The van der Waals surface area contributed by atoms with Gasteiger partial charge in [-0.25, -0.2) is 0 Å². The molecule has 0 bridgehead atoms. The lowest BCUT2D eigenvalue weighted by atomic mass is 9.93. The van der Waals surface area contributed by atoms with E-state index >= 15 is 0 Å². The van der Waals surface area contributed by atoms with Gasteiger partial charge in [0.05, 0.1) is 0 Å². The predicted molar refractivity (Wildman–Crippen MR) is 70.8 cm³/mol. The van der Waals surface area contributed by atoms with Crippen LogP contribution in [0.2, 0.25) is 0 Å². The maximum atomic E-state index is 6.01. The van der Waals surface area contributed by atoms with Crippen LogP contribution in [0.1, 0.15) is 32.1 Å². The van der Waals surface area contributed by atoms with Crippen LogP contribution in [0.3, 0.4) is 0 Å². The Morgan fingerprint density at radius 2 is 1.94 bits per heavy atom. The Hall–Kier alpha value is -0.120. The number of likely N-dealkylation sites (tertiary alicyclic amines) is 1. The minimum atomic E-state index is 0.219. The summed E-state index contributed by atoms with van der Waals surface area (Å²) < 4.78 is 0. The predicted octanol–water partition coefficient (Wildman–Crippen LogP) is 1.05. The average Bonchev–Trinajstić information content (AvgIpc) is 3.20. The largest absolute Gasteiger partial charge is 0.329 e. The van der Waals surface area contributed by atoms with Crippen molar-refractivity contribution < 1.29 is 0 Å². The monoisotopic (exact) mass is 237 g/mol. The lowest BCUT2D eigenvalue weighted by Gasteiger charge is -2.31. The van der Waals surface area contributed by atoms with Crippen molar-refractivity contribution in [1.82, 2.24) is 10.2 Å². The van der Waals surface area contributed by atoms with Gasteiger partial charge in [-0.3, -0.25) is 0 Å². The van der Waals surface area contributed by atoms with Crippen LogP contribution in [-0.2, 0) is 0 Å². The summed E-state index contributed by atoms with van der Waals surface area (Å²) in [7, 11) is 2.21. The number of hydrogen-bond acceptors (Lipinski definition) is 3. The SMILES string of the molecule is CN1CCC(CN)(NCC(C2CC2)C2CC2)C1. The highest BCUT2D eigenvalue weighted by atomic mass is 15.2. The van der Waals surface area contributed by atoms with Gasteiger partial charge < -0.3 is 16.0 Å². The molecule has 1 saturated heterocycles. The third kappa shape index (κ3) is 2.67. The van der Waals surface area contributed by atoms with E-state index in [-0.39, 0.29) is 5.54 Å². The summed E-state index contributed by atoms with van der Waals surface area (Å²) in [5, 5.41) is 3.85. The second kappa shape index (κ2) is 4.52. The number of nitrogens with one attached hydrogen (secondary N) is 1. The molecule has 0 aromatic rings. The van der Waals surface area contributed by atoms with Crippen molar-refractivity contribution in [3.05, 3.63) is 0 Å². The zero-order valence-corrected chi connectivity index (χ0v) is 11.1. The molecule has 1 aliphatic heterocycles. The summed E-state index contributed by atoms with van der Waals surface area (Å²) in [5.74, 6) is 3.05. The van der Waals surface area contributed by atoms with E-state index in [1.807, 2.05) is 0 Å². The topological polar surface area (TPSA) is 41.3 Å². The molecular formula is C14H27N3. The van der Waals surface area contributed by atoms with Crippen molar-refractivity contribution in [2.45, 2.75) is 37.6 Å². The van der Waals surface area contributed by atoms with Crippen molar-refractivity contribution in [2.75, 3.05) is 33.2 Å². The molecule has 1 atom stereocenters. The van der Waals surface area contributed by atoms with Crippen molar-refractivity contribution in [3.8, 4) is 0 Å². The van der Waals surface area contributed by atoms with Crippen molar-refractivity contribution >= 4 is 0 Å². The van der Waals surface area contributed by atoms with Gasteiger partial charge in [-0.05, 0) is 70.0 Å². The standard InChI is InChI=1S/C14H27N3/c1-17-7-6-14(9-15,10-17)16-8-13(11-2-3-11)12-4-5-12/h11-13,16H,2-10,15H2,1H3. The van der Waals surface area contributed by atoms with E-state index in [0.29, 0.717) is 0 Å². The lowest BCUT2D eigenvalue weighted by Crippen LogP contribution is -2.54. The average molecular weight is 237 g/mol. The Kier molecular flexibility index (Phi) is 3.18. The molecule has 3 heteroatoms. The van der Waals surface area contributed by atoms with Crippen LogP contribution in [-0.4, -0.2) is 43.7 Å². The maximum Gasteiger partial charge on any atom is 0.0444 e. The van der Waals surface area contributed by atoms with Gasteiger partial charge >= 0.3 is 0 Å². The minimum Gasteiger partial charge on any atom is -0.329 e. The van der Waals surface area contributed by atoms with Gasteiger partial charge in [-0.1, -0.05) is 0 Å². The highest BCUT2D eigenvalue weighted by Crippen LogP contribution is 2.49. The maximum absolute atomic E-state index is 6.01. The molecule has 2 saturated carbocycles. The van der Waals surface area contributed by atoms with Gasteiger partial charge in [-0.2, -0.15) is 0 Å². The zero-order chi connectivity index (χ0) is 11.9. The summed E-state index contributed by atoms with van der Waals surface area (Å²) in [6.45, 7) is 4.34. The van der Waals surface area contributed by atoms with Gasteiger partial charge in [-0.15, -0.1) is 0 Å². The molecule has 17 heavy (non-hydrogen) atoms. The van der Waals surface area contributed by atoms with Crippen molar-refractivity contribution in [1.29, 1.82) is 0 Å². The first-order valence-electron chi connectivity index (χ1n) is 7.36. The highest BCUT2D eigenvalue weighted by molar-refractivity contribution is 5.00. The van der Waals surface area contributed by atoms with Gasteiger partial charge in [0, 0.05) is 18.6 Å². The summed E-state index contributed by atoms with van der Waals surface area (Å²) in [6, 6.07) is 0. The van der Waals surface area contributed by atoms with E-state index in [2.05, 4.69) is 17.3 Å². The molecular weight excluding hydrogens is 210 g/mol. The molecule has 98 valence electrons. The minimum absolute atomic E-state index is 0.219. The normalized spacial score (nSPS) is 34.8. The third-order valence-electron chi connectivity index (χ3n) is 5.10. The molecule has 0 radical (unpaired) electrons. The van der Waals surface area contributed by atoms with Gasteiger partial charge in [0.15, 0.2) is 0 Å². The lowest BCUT2D eigenvalue weighted by molar-refractivity contribution is 0.275. The van der Waals surface area contributed by atoms with Crippen LogP contribution in [0.5, 0.6) is 0 Å². The number of hydrogen-bond donors (Lipinski definition) is 2. The van der Waals surface area contributed by atoms with Crippen LogP contribution < -0.4 is 11.1 Å². The van der Waals surface area contributed by atoms with Crippen LogP contribution in [0.25, 0.3) is 0 Å². The number of rotatable bonds is 6. The Morgan fingerprint density at radius 1 is 1.29 bits per heavy atom. The fourth-order valence-electron chi connectivity index (χ4n) is 3.56. The van der Waals surface area contributed by atoms with Gasteiger partial charge in [0.2, 0.25) is 0 Å². The number of likely N-dealkylation sites (N-methyl/N-ethyl adjacent to an activating group) is 1. The van der Waals surface area contributed by atoms with Crippen LogP contribution >= 0.6 is 0 Å². The Balaban J connectivity index is 1.54. The molecule has 0 aromatic carbocycles. The molecule has 3 rings (SSSR count). The number of nitrogens with two attached hydrogens (primary N) is 1.